The Hall–Kier alpha value is -1.85. The molecule has 88 valence electrons. The largest absolute Gasteiger partial charge is 0.370 e. The molecular weight excluding hydrogens is 206 g/mol. The SMILES string of the molecule is CCNc1cncc(NC(C)CC(N)=O)n1. The number of amides is 1. The highest BCUT2D eigenvalue weighted by molar-refractivity contribution is 5.74. The van der Waals surface area contributed by atoms with Crippen LogP contribution in [0.2, 0.25) is 0 Å². The number of nitrogens with two attached hydrogens (primary N) is 1. The first-order valence-electron chi connectivity index (χ1n) is 5.22. The summed E-state index contributed by atoms with van der Waals surface area (Å²) < 4.78 is 0. The first-order chi connectivity index (χ1) is 7.61. The van der Waals surface area contributed by atoms with Crippen molar-refractivity contribution in [3.63, 3.8) is 0 Å². The van der Waals surface area contributed by atoms with E-state index in [0.717, 1.165) is 6.54 Å². The van der Waals surface area contributed by atoms with Crippen LogP contribution in [-0.2, 0) is 4.79 Å². The third kappa shape index (κ3) is 4.12. The third-order valence-corrected chi connectivity index (χ3v) is 1.89. The number of carbonyl (C=O) groups excluding carboxylic acids is 1. The Balaban J connectivity index is 2.59. The Morgan fingerprint density at radius 1 is 1.50 bits per heavy atom. The van der Waals surface area contributed by atoms with Crippen LogP contribution >= 0.6 is 0 Å². The second-order valence-electron chi connectivity index (χ2n) is 3.54. The van der Waals surface area contributed by atoms with Gasteiger partial charge in [0.2, 0.25) is 5.91 Å². The Labute approximate surface area is 94.7 Å². The number of carbonyl (C=O) groups is 1. The second kappa shape index (κ2) is 5.89. The van der Waals surface area contributed by atoms with Crippen LogP contribution in [0.1, 0.15) is 20.3 Å². The minimum atomic E-state index is -0.337. The van der Waals surface area contributed by atoms with Gasteiger partial charge in [-0.3, -0.25) is 9.78 Å². The van der Waals surface area contributed by atoms with Crippen LogP contribution in [0.4, 0.5) is 11.6 Å². The summed E-state index contributed by atoms with van der Waals surface area (Å²) in [5.74, 6) is 1.00. The molecule has 0 aliphatic rings. The zero-order chi connectivity index (χ0) is 12.0. The van der Waals surface area contributed by atoms with Crippen molar-refractivity contribution in [2.24, 2.45) is 5.73 Å². The Bertz CT molecular complexity index is 355. The van der Waals surface area contributed by atoms with Crippen molar-refractivity contribution in [1.82, 2.24) is 9.97 Å². The van der Waals surface area contributed by atoms with Gasteiger partial charge in [0.05, 0.1) is 12.4 Å². The van der Waals surface area contributed by atoms with Crippen LogP contribution in [0.3, 0.4) is 0 Å². The predicted octanol–water partition coefficient (Wildman–Crippen LogP) is 0.584. The van der Waals surface area contributed by atoms with E-state index in [4.69, 9.17) is 5.73 Å². The monoisotopic (exact) mass is 223 g/mol. The summed E-state index contributed by atoms with van der Waals surface area (Å²) in [6.07, 6.45) is 3.53. The van der Waals surface area contributed by atoms with Gasteiger partial charge >= 0.3 is 0 Å². The molecule has 1 amide bonds. The zero-order valence-electron chi connectivity index (χ0n) is 9.53. The van der Waals surface area contributed by atoms with E-state index in [-0.39, 0.29) is 18.4 Å². The summed E-state index contributed by atoms with van der Waals surface area (Å²) in [5, 5.41) is 6.11. The highest BCUT2D eigenvalue weighted by Crippen LogP contribution is 2.08. The molecule has 0 aromatic carbocycles. The second-order valence-corrected chi connectivity index (χ2v) is 3.54. The molecule has 1 unspecified atom stereocenters. The lowest BCUT2D eigenvalue weighted by molar-refractivity contribution is -0.118. The van der Waals surface area contributed by atoms with Crippen molar-refractivity contribution < 1.29 is 4.79 Å². The molecular formula is C10H17N5O. The molecule has 6 nitrogen and oxygen atoms in total. The fourth-order valence-electron chi connectivity index (χ4n) is 1.31. The third-order valence-electron chi connectivity index (χ3n) is 1.89. The van der Waals surface area contributed by atoms with Gasteiger partial charge in [-0.25, -0.2) is 4.98 Å². The highest BCUT2D eigenvalue weighted by atomic mass is 16.1. The smallest absolute Gasteiger partial charge is 0.219 e. The van der Waals surface area contributed by atoms with Crippen molar-refractivity contribution in [1.29, 1.82) is 0 Å². The van der Waals surface area contributed by atoms with Crippen molar-refractivity contribution >= 4 is 17.5 Å². The Morgan fingerprint density at radius 3 is 2.81 bits per heavy atom. The molecule has 1 heterocycles. The number of rotatable bonds is 6. The number of nitrogens with zero attached hydrogens (tertiary/aromatic N) is 2. The van der Waals surface area contributed by atoms with Gasteiger partial charge in [-0.2, -0.15) is 0 Å². The van der Waals surface area contributed by atoms with Gasteiger partial charge in [-0.1, -0.05) is 0 Å². The lowest BCUT2D eigenvalue weighted by Crippen LogP contribution is -2.24. The molecule has 16 heavy (non-hydrogen) atoms. The van der Waals surface area contributed by atoms with Crippen LogP contribution in [0.25, 0.3) is 0 Å². The van der Waals surface area contributed by atoms with E-state index >= 15 is 0 Å². The van der Waals surface area contributed by atoms with Gasteiger partial charge < -0.3 is 16.4 Å². The molecule has 4 N–H and O–H groups in total. The van der Waals surface area contributed by atoms with E-state index in [1.165, 1.54) is 0 Å². The molecule has 6 heteroatoms. The van der Waals surface area contributed by atoms with Gasteiger partial charge in [-0.15, -0.1) is 0 Å². The molecule has 0 saturated heterocycles. The lowest BCUT2D eigenvalue weighted by atomic mass is 10.2. The molecule has 0 bridgehead atoms. The zero-order valence-corrected chi connectivity index (χ0v) is 9.53. The molecule has 0 spiro atoms. The van der Waals surface area contributed by atoms with E-state index in [9.17, 15) is 4.79 Å². The van der Waals surface area contributed by atoms with E-state index in [1.807, 2.05) is 13.8 Å². The maximum atomic E-state index is 10.7. The van der Waals surface area contributed by atoms with Crippen LogP contribution in [0.15, 0.2) is 12.4 Å². The van der Waals surface area contributed by atoms with Crippen molar-refractivity contribution in [2.75, 3.05) is 17.2 Å². The maximum absolute atomic E-state index is 10.7. The summed E-state index contributed by atoms with van der Waals surface area (Å²) in [7, 11) is 0. The normalized spacial score (nSPS) is 11.9. The van der Waals surface area contributed by atoms with Crippen LogP contribution < -0.4 is 16.4 Å². The van der Waals surface area contributed by atoms with Gasteiger partial charge in [0.15, 0.2) is 0 Å². The molecule has 0 aliphatic heterocycles. The number of hydrogen-bond donors (Lipinski definition) is 3. The standard InChI is InChI=1S/C10H17N5O/c1-3-13-9-5-12-6-10(15-9)14-7(2)4-8(11)16/h5-7H,3-4H2,1-2H3,(H2,11,16)(H2,13,14,15). The summed E-state index contributed by atoms with van der Waals surface area (Å²) in [5.41, 5.74) is 5.10. The van der Waals surface area contributed by atoms with E-state index in [0.29, 0.717) is 11.6 Å². The van der Waals surface area contributed by atoms with Crippen LogP contribution in [0.5, 0.6) is 0 Å². The number of primary amides is 1. The quantitative estimate of drug-likeness (QED) is 0.656. The topological polar surface area (TPSA) is 92.9 Å². The summed E-state index contributed by atoms with van der Waals surface area (Å²) in [4.78, 5) is 19.0. The highest BCUT2D eigenvalue weighted by Gasteiger charge is 2.06. The fraction of sp³-hybridized carbons (Fsp3) is 0.500. The van der Waals surface area contributed by atoms with Crippen molar-refractivity contribution in [3.05, 3.63) is 12.4 Å². The number of aromatic nitrogens is 2. The van der Waals surface area contributed by atoms with Gasteiger partial charge in [0.1, 0.15) is 11.6 Å². The Kier molecular flexibility index (Phi) is 4.50. The average Bonchev–Trinajstić information content (AvgIpc) is 2.17. The molecule has 1 atom stereocenters. The summed E-state index contributed by atoms with van der Waals surface area (Å²) >= 11 is 0. The lowest BCUT2D eigenvalue weighted by Gasteiger charge is -2.12. The van der Waals surface area contributed by atoms with Gasteiger partial charge in [0.25, 0.3) is 0 Å². The summed E-state index contributed by atoms with van der Waals surface area (Å²) in [6.45, 7) is 4.64. The van der Waals surface area contributed by atoms with Crippen LogP contribution in [0, 0.1) is 0 Å². The fourth-order valence-corrected chi connectivity index (χ4v) is 1.31. The Morgan fingerprint density at radius 2 is 2.19 bits per heavy atom. The number of anilines is 2. The first-order valence-corrected chi connectivity index (χ1v) is 5.22. The van der Waals surface area contributed by atoms with E-state index in [2.05, 4.69) is 20.6 Å². The minimum absolute atomic E-state index is 0.0522. The average molecular weight is 223 g/mol. The first kappa shape index (κ1) is 12.2. The van der Waals surface area contributed by atoms with Crippen molar-refractivity contribution in [2.45, 2.75) is 26.3 Å². The van der Waals surface area contributed by atoms with Gasteiger partial charge in [0, 0.05) is 19.0 Å². The molecule has 0 radical (unpaired) electrons. The maximum Gasteiger partial charge on any atom is 0.219 e. The molecule has 0 aliphatic carbocycles. The molecule has 1 rings (SSSR count). The molecule has 1 aromatic rings. The molecule has 0 saturated carbocycles. The molecule has 1 aromatic heterocycles. The van der Waals surface area contributed by atoms with E-state index in [1.54, 1.807) is 12.4 Å². The van der Waals surface area contributed by atoms with E-state index < -0.39 is 0 Å². The van der Waals surface area contributed by atoms with Gasteiger partial charge in [-0.05, 0) is 13.8 Å². The molecule has 0 fully saturated rings. The van der Waals surface area contributed by atoms with Crippen molar-refractivity contribution in [3.8, 4) is 0 Å². The minimum Gasteiger partial charge on any atom is -0.370 e. The number of nitrogens with one attached hydrogen (secondary N) is 2. The predicted molar refractivity (Wildman–Crippen MR) is 63.1 cm³/mol. The van der Waals surface area contributed by atoms with Crippen LogP contribution in [-0.4, -0.2) is 28.5 Å². The number of hydrogen-bond acceptors (Lipinski definition) is 5. The summed E-state index contributed by atoms with van der Waals surface area (Å²) in [6, 6.07) is -0.0522.